The zero-order valence-electron chi connectivity index (χ0n) is 7.83. The number of aromatic amines is 1. The Labute approximate surface area is 95.4 Å². The fourth-order valence-electron chi connectivity index (χ4n) is 1.32. The van der Waals surface area contributed by atoms with Crippen LogP contribution in [0, 0.1) is 0 Å². The monoisotopic (exact) mass is 264 g/mol. The first kappa shape index (κ1) is 9.98. The van der Waals surface area contributed by atoms with Crippen LogP contribution >= 0.6 is 15.9 Å². The van der Waals surface area contributed by atoms with Crippen LogP contribution in [0.4, 0.5) is 5.69 Å². The van der Waals surface area contributed by atoms with Crippen LogP contribution in [0.1, 0.15) is 15.9 Å². The van der Waals surface area contributed by atoms with E-state index in [1.54, 1.807) is 36.7 Å². The summed E-state index contributed by atoms with van der Waals surface area (Å²) < 4.78 is 0.799. The number of hydrogen-bond donors (Lipinski definition) is 2. The topological polar surface area (TPSA) is 58.9 Å². The molecule has 0 saturated heterocycles. The van der Waals surface area contributed by atoms with Crippen LogP contribution in [0.3, 0.4) is 0 Å². The number of benzene rings is 1. The lowest BCUT2D eigenvalue weighted by Crippen LogP contribution is -2.00. The largest absolute Gasteiger partial charge is 0.398 e. The van der Waals surface area contributed by atoms with Gasteiger partial charge in [0.05, 0.1) is 0 Å². The maximum absolute atomic E-state index is 11.9. The predicted octanol–water partition coefficient (Wildman–Crippen LogP) is 2.59. The summed E-state index contributed by atoms with van der Waals surface area (Å²) in [5.74, 6) is -0.0320. The number of aromatic nitrogens is 1. The molecule has 0 aliphatic heterocycles. The van der Waals surface area contributed by atoms with Gasteiger partial charge in [-0.2, -0.15) is 0 Å². The van der Waals surface area contributed by atoms with Crippen LogP contribution in [0.5, 0.6) is 0 Å². The summed E-state index contributed by atoms with van der Waals surface area (Å²) in [5, 5.41) is 0. The van der Waals surface area contributed by atoms with E-state index in [1.807, 2.05) is 0 Å². The van der Waals surface area contributed by atoms with E-state index in [4.69, 9.17) is 5.73 Å². The summed E-state index contributed by atoms with van der Waals surface area (Å²) in [6.45, 7) is 0. The van der Waals surface area contributed by atoms with Gasteiger partial charge in [0.2, 0.25) is 0 Å². The second kappa shape index (κ2) is 3.90. The fourth-order valence-corrected chi connectivity index (χ4v) is 1.56. The van der Waals surface area contributed by atoms with Gasteiger partial charge in [-0.05, 0) is 40.2 Å². The Hall–Kier alpha value is -1.55. The van der Waals surface area contributed by atoms with Gasteiger partial charge in [-0.1, -0.05) is 0 Å². The molecule has 15 heavy (non-hydrogen) atoms. The van der Waals surface area contributed by atoms with E-state index >= 15 is 0 Å². The van der Waals surface area contributed by atoms with Crippen molar-refractivity contribution < 1.29 is 4.79 Å². The fraction of sp³-hybridized carbons (Fsp3) is 0. The maximum atomic E-state index is 11.9. The van der Waals surface area contributed by atoms with E-state index in [0.717, 1.165) is 4.47 Å². The highest BCUT2D eigenvalue weighted by Gasteiger charge is 2.10. The molecule has 0 aliphatic carbocycles. The zero-order valence-corrected chi connectivity index (χ0v) is 9.41. The third-order valence-electron chi connectivity index (χ3n) is 2.12. The first-order valence-electron chi connectivity index (χ1n) is 4.41. The molecule has 2 rings (SSSR count). The minimum Gasteiger partial charge on any atom is -0.398 e. The molecule has 0 saturated carbocycles. The Morgan fingerprint density at radius 1 is 1.27 bits per heavy atom. The van der Waals surface area contributed by atoms with E-state index in [2.05, 4.69) is 20.9 Å². The highest BCUT2D eigenvalue weighted by molar-refractivity contribution is 9.10. The average molecular weight is 265 g/mol. The van der Waals surface area contributed by atoms with Gasteiger partial charge in [0.25, 0.3) is 0 Å². The Balaban J connectivity index is 2.39. The van der Waals surface area contributed by atoms with Gasteiger partial charge in [-0.15, -0.1) is 0 Å². The van der Waals surface area contributed by atoms with Gasteiger partial charge in [0, 0.05) is 33.7 Å². The Morgan fingerprint density at radius 3 is 2.67 bits per heavy atom. The lowest BCUT2D eigenvalue weighted by molar-refractivity contribution is 0.103. The summed E-state index contributed by atoms with van der Waals surface area (Å²) in [4.78, 5) is 14.7. The maximum Gasteiger partial charge on any atom is 0.194 e. The Bertz CT molecular complexity index is 491. The SMILES string of the molecule is Nc1cc(C(=O)c2cc[nH]c2)ccc1Br. The first-order valence-corrected chi connectivity index (χ1v) is 5.20. The van der Waals surface area contributed by atoms with Gasteiger partial charge in [-0.3, -0.25) is 4.79 Å². The molecule has 0 fully saturated rings. The summed E-state index contributed by atoms with van der Waals surface area (Å²) >= 11 is 3.28. The van der Waals surface area contributed by atoms with Crippen molar-refractivity contribution in [1.29, 1.82) is 0 Å². The quantitative estimate of drug-likeness (QED) is 0.647. The van der Waals surface area contributed by atoms with Crippen molar-refractivity contribution in [3.63, 3.8) is 0 Å². The molecule has 0 radical (unpaired) electrons. The van der Waals surface area contributed by atoms with E-state index in [-0.39, 0.29) is 5.78 Å². The lowest BCUT2D eigenvalue weighted by atomic mass is 10.1. The Morgan fingerprint density at radius 2 is 2.07 bits per heavy atom. The average Bonchev–Trinajstić information content (AvgIpc) is 2.74. The number of nitrogens with one attached hydrogen (secondary N) is 1. The number of hydrogen-bond acceptors (Lipinski definition) is 2. The molecular formula is C11H9BrN2O. The smallest absolute Gasteiger partial charge is 0.194 e. The van der Waals surface area contributed by atoms with Crippen molar-refractivity contribution in [2.24, 2.45) is 0 Å². The van der Waals surface area contributed by atoms with Crippen molar-refractivity contribution in [3.8, 4) is 0 Å². The highest BCUT2D eigenvalue weighted by Crippen LogP contribution is 2.21. The number of carbonyl (C=O) groups excluding carboxylic acids is 1. The summed E-state index contributed by atoms with van der Waals surface area (Å²) in [6, 6.07) is 6.92. The minimum absolute atomic E-state index is 0.0320. The molecule has 1 aromatic carbocycles. The van der Waals surface area contributed by atoms with Crippen LogP contribution in [0.25, 0.3) is 0 Å². The number of ketones is 1. The molecular weight excluding hydrogens is 256 g/mol. The van der Waals surface area contributed by atoms with Gasteiger partial charge >= 0.3 is 0 Å². The Kier molecular flexibility index (Phi) is 2.60. The van der Waals surface area contributed by atoms with E-state index < -0.39 is 0 Å². The molecule has 4 heteroatoms. The molecule has 0 spiro atoms. The molecule has 2 aromatic rings. The van der Waals surface area contributed by atoms with Crippen molar-refractivity contribution in [2.75, 3.05) is 5.73 Å². The van der Waals surface area contributed by atoms with Crippen LogP contribution in [-0.2, 0) is 0 Å². The van der Waals surface area contributed by atoms with E-state index in [1.165, 1.54) is 0 Å². The summed E-state index contributed by atoms with van der Waals surface area (Å²) in [5.41, 5.74) is 7.50. The van der Waals surface area contributed by atoms with Gasteiger partial charge < -0.3 is 10.7 Å². The highest BCUT2D eigenvalue weighted by atomic mass is 79.9. The molecule has 0 atom stereocenters. The number of carbonyl (C=O) groups is 1. The van der Waals surface area contributed by atoms with Crippen LogP contribution < -0.4 is 5.73 Å². The minimum atomic E-state index is -0.0320. The van der Waals surface area contributed by atoms with Gasteiger partial charge in [0.15, 0.2) is 5.78 Å². The van der Waals surface area contributed by atoms with Crippen LogP contribution in [-0.4, -0.2) is 10.8 Å². The first-order chi connectivity index (χ1) is 7.18. The number of halogens is 1. The number of nitrogens with two attached hydrogens (primary N) is 1. The number of anilines is 1. The van der Waals surface area contributed by atoms with Gasteiger partial charge in [-0.25, -0.2) is 0 Å². The second-order valence-electron chi connectivity index (χ2n) is 3.17. The van der Waals surface area contributed by atoms with E-state index in [9.17, 15) is 4.79 Å². The standard InChI is InChI=1S/C11H9BrN2O/c12-9-2-1-7(5-10(9)13)11(15)8-3-4-14-6-8/h1-6,14H,13H2. The van der Waals surface area contributed by atoms with Crippen LogP contribution in [0.15, 0.2) is 41.1 Å². The van der Waals surface area contributed by atoms with Gasteiger partial charge in [0.1, 0.15) is 0 Å². The predicted molar refractivity (Wildman–Crippen MR) is 62.8 cm³/mol. The zero-order chi connectivity index (χ0) is 10.8. The molecule has 0 amide bonds. The van der Waals surface area contributed by atoms with Crippen molar-refractivity contribution in [3.05, 3.63) is 52.3 Å². The molecule has 3 nitrogen and oxygen atoms in total. The van der Waals surface area contributed by atoms with Crippen molar-refractivity contribution in [2.45, 2.75) is 0 Å². The molecule has 0 aliphatic rings. The molecule has 76 valence electrons. The van der Waals surface area contributed by atoms with E-state index in [0.29, 0.717) is 16.8 Å². The number of rotatable bonds is 2. The third kappa shape index (κ3) is 1.94. The van der Waals surface area contributed by atoms with Crippen molar-refractivity contribution >= 4 is 27.4 Å². The molecule has 1 heterocycles. The number of nitrogen functional groups attached to an aromatic ring is 1. The molecule has 0 unspecified atom stereocenters. The molecule has 0 bridgehead atoms. The second-order valence-corrected chi connectivity index (χ2v) is 4.02. The van der Waals surface area contributed by atoms with Crippen LogP contribution in [0.2, 0.25) is 0 Å². The normalized spacial score (nSPS) is 10.2. The number of H-pyrrole nitrogens is 1. The lowest BCUT2D eigenvalue weighted by Gasteiger charge is -2.01. The molecule has 1 aromatic heterocycles. The summed E-state index contributed by atoms with van der Waals surface area (Å²) in [6.07, 6.45) is 3.38. The van der Waals surface area contributed by atoms with Crippen molar-refractivity contribution in [1.82, 2.24) is 4.98 Å². The third-order valence-corrected chi connectivity index (χ3v) is 2.84. The molecule has 3 N–H and O–H groups in total. The summed E-state index contributed by atoms with van der Waals surface area (Å²) in [7, 11) is 0.